The number of para-hydroxylation sites is 1. The summed E-state index contributed by atoms with van der Waals surface area (Å²) >= 11 is 0. The average molecular weight is 298 g/mol. The molecule has 0 radical (unpaired) electrons. The molecule has 114 valence electrons. The second-order valence-electron chi connectivity index (χ2n) is 5.32. The Morgan fingerprint density at radius 3 is 2.91 bits per heavy atom. The summed E-state index contributed by atoms with van der Waals surface area (Å²) in [5, 5.41) is 10.9. The number of fused-ring (bicyclic) bond motifs is 3. The molecule has 6 heteroatoms. The van der Waals surface area contributed by atoms with E-state index in [-0.39, 0.29) is 11.5 Å². The van der Waals surface area contributed by atoms with Crippen molar-refractivity contribution < 1.29 is 4.79 Å². The molecule has 0 saturated carbocycles. The number of amides is 1. The highest BCUT2D eigenvalue weighted by atomic mass is 16.2. The van der Waals surface area contributed by atoms with Crippen LogP contribution < -0.4 is 10.9 Å². The molecular weight excluding hydrogens is 280 g/mol. The van der Waals surface area contributed by atoms with Crippen LogP contribution in [0.15, 0.2) is 35.3 Å². The largest absolute Gasteiger partial charge is 0.354 e. The molecule has 0 aliphatic heterocycles. The zero-order valence-corrected chi connectivity index (χ0v) is 12.6. The van der Waals surface area contributed by atoms with E-state index in [0.717, 1.165) is 22.7 Å². The van der Waals surface area contributed by atoms with Crippen LogP contribution in [0.1, 0.15) is 26.3 Å². The molecule has 1 aromatic carbocycles. The maximum atomic E-state index is 12.3. The van der Waals surface area contributed by atoms with Crippen LogP contribution in [-0.4, -0.2) is 27.2 Å². The number of aromatic amines is 1. The summed E-state index contributed by atoms with van der Waals surface area (Å²) in [5.41, 5.74) is 1.05. The van der Waals surface area contributed by atoms with E-state index in [1.54, 1.807) is 17.7 Å². The number of benzene rings is 1. The second-order valence-corrected chi connectivity index (χ2v) is 5.32. The molecule has 22 heavy (non-hydrogen) atoms. The van der Waals surface area contributed by atoms with E-state index in [9.17, 15) is 9.59 Å². The molecular formula is C16H18N4O2. The molecule has 6 nitrogen and oxygen atoms in total. The molecule has 1 unspecified atom stereocenters. The summed E-state index contributed by atoms with van der Waals surface area (Å²) in [7, 11) is 0. The Kier molecular flexibility index (Phi) is 3.66. The van der Waals surface area contributed by atoms with E-state index in [0.29, 0.717) is 12.1 Å². The molecule has 0 bridgehead atoms. The quantitative estimate of drug-likeness (QED) is 0.772. The van der Waals surface area contributed by atoms with E-state index in [1.165, 1.54) is 0 Å². The van der Waals surface area contributed by atoms with Crippen molar-refractivity contribution in [1.29, 1.82) is 0 Å². The first-order valence-corrected chi connectivity index (χ1v) is 7.39. The molecule has 3 aromatic rings. The maximum Gasteiger partial charge on any atom is 0.288 e. The van der Waals surface area contributed by atoms with Gasteiger partial charge in [0.15, 0.2) is 0 Å². The topological polar surface area (TPSA) is 79.8 Å². The lowest BCUT2D eigenvalue weighted by molar-refractivity contribution is -0.123. The third kappa shape index (κ3) is 2.16. The number of carbonyl (C=O) groups is 1. The Morgan fingerprint density at radius 1 is 1.36 bits per heavy atom. The van der Waals surface area contributed by atoms with E-state index < -0.39 is 6.04 Å². The normalized spacial score (nSPS) is 12.6. The van der Waals surface area contributed by atoms with Gasteiger partial charge in [0.2, 0.25) is 5.91 Å². The zero-order chi connectivity index (χ0) is 15.7. The smallest absolute Gasteiger partial charge is 0.288 e. The van der Waals surface area contributed by atoms with Crippen molar-refractivity contribution in [3.8, 4) is 0 Å². The molecule has 0 aliphatic carbocycles. The number of aromatic nitrogens is 3. The van der Waals surface area contributed by atoms with Gasteiger partial charge in [0, 0.05) is 17.3 Å². The van der Waals surface area contributed by atoms with Gasteiger partial charge in [0.05, 0.1) is 11.7 Å². The molecule has 1 atom stereocenters. The minimum absolute atomic E-state index is 0.0966. The standard InChI is InChI=1S/C16H18N4O2/c1-3-8-17-15(21)10(2)20-13-7-5-4-6-11(13)12-9-18-19-16(22)14(12)20/h4-7,9-10H,3,8H2,1-2H3,(H,17,21)(H,19,22). The third-order valence-electron chi connectivity index (χ3n) is 3.84. The van der Waals surface area contributed by atoms with Gasteiger partial charge in [0.25, 0.3) is 5.56 Å². The lowest BCUT2D eigenvalue weighted by Crippen LogP contribution is -2.32. The summed E-state index contributed by atoms with van der Waals surface area (Å²) < 4.78 is 1.79. The molecule has 3 rings (SSSR count). The van der Waals surface area contributed by atoms with Crippen LogP contribution in [0.4, 0.5) is 0 Å². The van der Waals surface area contributed by atoms with Gasteiger partial charge in [0.1, 0.15) is 11.6 Å². The number of nitrogens with zero attached hydrogens (tertiary/aromatic N) is 2. The van der Waals surface area contributed by atoms with Crippen molar-refractivity contribution in [3.05, 3.63) is 40.8 Å². The van der Waals surface area contributed by atoms with Crippen molar-refractivity contribution in [2.24, 2.45) is 0 Å². The van der Waals surface area contributed by atoms with Crippen LogP contribution in [0.5, 0.6) is 0 Å². The highest BCUT2D eigenvalue weighted by Crippen LogP contribution is 2.29. The van der Waals surface area contributed by atoms with Gasteiger partial charge in [-0.15, -0.1) is 0 Å². The molecule has 2 N–H and O–H groups in total. The average Bonchev–Trinajstić information content (AvgIpc) is 2.88. The zero-order valence-electron chi connectivity index (χ0n) is 12.6. The van der Waals surface area contributed by atoms with Gasteiger partial charge >= 0.3 is 0 Å². The van der Waals surface area contributed by atoms with Crippen LogP contribution in [0, 0.1) is 0 Å². The minimum Gasteiger partial charge on any atom is -0.354 e. The van der Waals surface area contributed by atoms with Crippen LogP contribution in [0.3, 0.4) is 0 Å². The predicted octanol–water partition coefficient (Wildman–Crippen LogP) is 1.96. The fourth-order valence-electron chi connectivity index (χ4n) is 2.78. The maximum absolute atomic E-state index is 12.3. The monoisotopic (exact) mass is 298 g/mol. The van der Waals surface area contributed by atoms with Gasteiger partial charge in [-0.3, -0.25) is 9.59 Å². The van der Waals surface area contributed by atoms with Crippen molar-refractivity contribution in [2.45, 2.75) is 26.3 Å². The van der Waals surface area contributed by atoms with E-state index >= 15 is 0 Å². The van der Waals surface area contributed by atoms with Crippen LogP contribution in [0.2, 0.25) is 0 Å². The van der Waals surface area contributed by atoms with Crippen molar-refractivity contribution in [1.82, 2.24) is 20.1 Å². The fourth-order valence-corrected chi connectivity index (χ4v) is 2.78. The van der Waals surface area contributed by atoms with E-state index in [2.05, 4.69) is 15.5 Å². The lowest BCUT2D eigenvalue weighted by atomic mass is 10.2. The number of hydrogen-bond donors (Lipinski definition) is 2. The molecule has 0 fully saturated rings. The molecule has 1 amide bonds. The van der Waals surface area contributed by atoms with Crippen molar-refractivity contribution in [2.75, 3.05) is 6.54 Å². The van der Waals surface area contributed by atoms with E-state index in [4.69, 9.17) is 0 Å². The summed E-state index contributed by atoms with van der Waals surface area (Å²) in [6, 6.07) is 7.19. The third-order valence-corrected chi connectivity index (χ3v) is 3.84. The number of nitrogens with one attached hydrogen (secondary N) is 2. The molecule has 2 aromatic heterocycles. The van der Waals surface area contributed by atoms with Gasteiger partial charge < -0.3 is 9.88 Å². The Labute approximate surface area is 127 Å². The highest BCUT2D eigenvalue weighted by molar-refractivity contribution is 6.08. The second kappa shape index (κ2) is 5.63. The number of H-pyrrole nitrogens is 1. The van der Waals surface area contributed by atoms with Crippen LogP contribution >= 0.6 is 0 Å². The fraction of sp³-hybridized carbons (Fsp3) is 0.312. The summed E-state index contributed by atoms with van der Waals surface area (Å²) in [5.74, 6) is -0.0966. The Hall–Kier alpha value is -2.63. The molecule has 0 aliphatic rings. The van der Waals surface area contributed by atoms with Crippen molar-refractivity contribution >= 4 is 27.7 Å². The number of carbonyl (C=O) groups excluding carboxylic acids is 1. The first kappa shape index (κ1) is 14.3. The molecule has 0 spiro atoms. The summed E-state index contributed by atoms with van der Waals surface area (Å²) in [6.45, 7) is 4.43. The Bertz CT molecular complexity index is 894. The van der Waals surface area contributed by atoms with Gasteiger partial charge in [-0.05, 0) is 19.4 Å². The number of rotatable bonds is 4. The van der Waals surface area contributed by atoms with E-state index in [1.807, 2.05) is 31.2 Å². The van der Waals surface area contributed by atoms with Gasteiger partial charge in [-0.25, -0.2) is 5.10 Å². The SMILES string of the molecule is CCCNC(=O)C(C)n1c2ccccc2c2cn[nH]c(=O)c21. The van der Waals surface area contributed by atoms with Gasteiger partial charge in [-0.1, -0.05) is 25.1 Å². The first-order chi connectivity index (χ1) is 10.6. The summed E-state index contributed by atoms with van der Waals surface area (Å²) in [6.07, 6.45) is 2.50. The number of hydrogen-bond acceptors (Lipinski definition) is 3. The lowest BCUT2D eigenvalue weighted by Gasteiger charge is -2.16. The molecule has 2 heterocycles. The van der Waals surface area contributed by atoms with Gasteiger partial charge in [-0.2, -0.15) is 5.10 Å². The minimum atomic E-state index is -0.475. The highest BCUT2D eigenvalue weighted by Gasteiger charge is 2.22. The first-order valence-electron chi connectivity index (χ1n) is 7.39. The molecule has 0 saturated heterocycles. The summed E-state index contributed by atoms with van der Waals surface area (Å²) in [4.78, 5) is 24.6. The van der Waals surface area contributed by atoms with Crippen LogP contribution in [-0.2, 0) is 4.79 Å². The Morgan fingerprint density at radius 2 is 2.14 bits per heavy atom. The predicted molar refractivity (Wildman–Crippen MR) is 85.9 cm³/mol. The Balaban J connectivity index is 2.26. The van der Waals surface area contributed by atoms with Crippen molar-refractivity contribution in [3.63, 3.8) is 0 Å². The van der Waals surface area contributed by atoms with Crippen LogP contribution in [0.25, 0.3) is 21.8 Å².